The lowest BCUT2D eigenvalue weighted by Gasteiger charge is -2.29. The molecule has 0 aromatic heterocycles. The lowest BCUT2D eigenvalue weighted by atomic mass is 9.79. The molecule has 3 nitrogen and oxygen atoms in total. The summed E-state index contributed by atoms with van der Waals surface area (Å²) in [4.78, 5) is 12.4. The molecule has 0 aromatic rings. The second kappa shape index (κ2) is 4.69. The van der Waals surface area contributed by atoms with Crippen LogP contribution in [0.4, 0.5) is 0 Å². The Morgan fingerprint density at radius 2 is 1.94 bits per heavy atom. The Kier molecular flexibility index (Phi) is 4.04. The second-order valence-electron chi connectivity index (χ2n) is 6.54. The number of ether oxygens (including phenoxy) is 1. The molecule has 1 rings (SSSR count). The van der Waals surface area contributed by atoms with E-state index in [-0.39, 0.29) is 29.3 Å². The van der Waals surface area contributed by atoms with E-state index >= 15 is 0 Å². The van der Waals surface area contributed by atoms with Crippen LogP contribution >= 0.6 is 0 Å². The molecule has 1 fully saturated rings. The fourth-order valence-corrected chi connectivity index (χ4v) is 2.77. The van der Waals surface area contributed by atoms with Gasteiger partial charge in [0.2, 0.25) is 0 Å². The van der Waals surface area contributed by atoms with Crippen LogP contribution in [0.1, 0.15) is 54.4 Å². The Labute approximate surface area is 105 Å². The Balaban J connectivity index is 2.83. The summed E-state index contributed by atoms with van der Waals surface area (Å²) < 4.78 is 5.96. The number of Topliss-reactive ketones (excluding diaryl/α,β-unsaturated/α-hetero) is 1. The lowest BCUT2D eigenvalue weighted by Crippen LogP contribution is -2.45. The van der Waals surface area contributed by atoms with Crippen LogP contribution in [0.5, 0.6) is 0 Å². The van der Waals surface area contributed by atoms with Crippen molar-refractivity contribution in [1.82, 2.24) is 0 Å². The van der Waals surface area contributed by atoms with Crippen LogP contribution < -0.4 is 5.73 Å². The van der Waals surface area contributed by atoms with Crippen LogP contribution in [0.25, 0.3) is 0 Å². The molecule has 0 aliphatic carbocycles. The number of hydrogen-bond donors (Lipinski definition) is 1. The topological polar surface area (TPSA) is 52.3 Å². The quantitative estimate of drug-likeness (QED) is 0.823. The van der Waals surface area contributed by atoms with E-state index in [9.17, 15) is 4.79 Å². The molecule has 0 radical (unpaired) electrons. The summed E-state index contributed by atoms with van der Waals surface area (Å²) in [5.41, 5.74) is 5.44. The maximum Gasteiger partial charge on any atom is 0.155 e. The van der Waals surface area contributed by atoms with Crippen LogP contribution in [-0.2, 0) is 9.53 Å². The third kappa shape index (κ3) is 3.08. The number of hydrogen-bond acceptors (Lipinski definition) is 3. The molecule has 17 heavy (non-hydrogen) atoms. The van der Waals surface area contributed by atoms with Crippen molar-refractivity contribution in [3.63, 3.8) is 0 Å². The van der Waals surface area contributed by atoms with Crippen molar-refractivity contribution in [1.29, 1.82) is 0 Å². The van der Waals surface area contributed by atoms with Crippen molar-refractivity contribution < 1.29 is 9.53 Å². The highest BCUT2D eigenvalue weighted by molar-refractivity contribution is 5.87. The van der Waals surface area contributed by atoms with Gasteiger partial charge in [-0.3, -0.25) is 4.79 Å². The van der Waals surface area contributed by atoms with Gasteiger partial charge < -0.3 is 10.5 Å². The van der Waals surface area contributed by atoms with Crippen molar-refractivity contribution in [2.24, 2.45) is 17.6 Å². The fourth-order valence-electron chi connectivity index (χ4n) is 2.77. The SMILES string of the molecule is CCC(C)C(N)C(=O)C1CC(C)(C)OC1(C)C. The Morgan fingerprint density at radius 1 is 1.41 bits per heavy atom. The van der Waals surface area contributed by atoms with Gasteiger partial charge in [-0.25, -0.2) is 0 Å². The van der Waals surface area contributed by atoms with Gasteiger partial charge in [-0.15, -0.1) is 0 Å². The number of carbonyl (C=O) groups excluding carboxylic acids is 1. The second-order valence-corrected chi connectivity index (χ2v) is 6.54. The normalized spacial score (nSPS) is 29.9. The van der Waals surface area contributed by atoms with Crippen molar-refractivity contribution in [3.8, 4) is 0 Å². The monoisotopic (exact) mass is 241 g/mol. The average Bonchev–Trinajstić information content (AvgIpc) is 2.43. The number of nitrogens with two attached hydrogens (primary N) is 1. The number of rotatable bonds is 4. The summed E-state index contributed by atoms with van der Waals surface area (Å²) in [5.74, 6) is 0.318. The largest absolute Gasteiger partial charge is 0.369 e. The van der Waals surface area contributed by atoms with E-state index in [0.717, 1.165) is 12.8 Å². The molecule has 1 aliphatic rings. The first-order valence-corrected chi connectivity index (χ1v) is 6.60. The summed E-state index contributed by atoms with van der Waals surface area (Å²) in [6, 6.07) is -0.359. The number of carbonyl (C=O) groups is 1. The zero-order chi connectivity index (χ0) is 13.4. The van der Waals surface area contributed by atoms with E-state index in [4.69, 9.17) is 10.5 Å². The highest BCUT2D eigenvalue weighted by Gasteiger charge is 2.50. The van der Waals surface area contributed by atoms with Gasteiger partial charge in [0.15, 0.2) is 5.78 Å². The summed E-state index contributed by atoms with van der Waals surface area (Å²) in [5, 5.41) is 0. The van der Waals surface area contributed by atoms with Gasteiger partial charge >= 0.3 is 0 Å². The maximum absolute atomic E-state index is 12.4. The molecular weight excluding hydrogens is 214 g/mol. The standard InChI is InChI=1S/C14H27NO2/c1-7-9(2)11(15)12(16)10-8-13(3,4)17-14(10,5)6/h9-11H,7-8,15H2,1-6H3. The first kappa shape index (κ1) is 14.7. The van der Waals surface area contributed by atoms with Gasteiger partial charge in [-0.05, 0) is 40.0 Å². The van der Waals surface area contributed by atoms with E-state index in [1.165, 1.54) is 0 Å². The van der Waals surface area contributed by atoms with Crippen LogP contribution in [0.15, 0.2) is 0 Å². The van der Waals surface area contributed by atoms with Gasteiger partial charge in [0.05, 0.1) is 23.2 Å². The van der Waals surface area contributed by atoms with Gasteiger partial charge in [-0.1, -0.05) is 20.3 Å². The smallest absolute Gasteiger partial charge is 0.155 e. The van der Waals surface area contributed by atoms with Gasteiger partial charge in [0.1, 0.15) is 0 Å². The van der Waals surface area contributed by atoms with Gasteiger partial charge in [-0.2, -0.15) is 0 Å². The molecular formula is C14H27NO2. The molecule has 0 amide bonds. The molecule has 3 heteroatoms. The molecule has 0 spiro atoms. The van der Waals surface area contributed by atoms with Crippen LogP contribution in [0.2, 0.25) is 0 Å². The van der Waals surface area contributed by atoms with Crippen LogP contribution in [0, 0.1) is 11.8 Å². The first-order chi connectivity index (χ1) is 7.60. The van der Waals surface area contributed by atoms with Gasteiger partial charge in [0.25, 0.3) is 0 Å². The molecule has 0 saturated carbocycles. The highest BCUT2D eigenvalue weighted by Crippen LogP contribution is 2.43. The minimum atomic E-state index is -0.397. The van der Waals surface area contributed by atoms with Crippen LogP contribution in [0.3, 0.4) is 0 Å². The van der Waals surface area contributed by atoms with E-state index < -0.39 is 5.60 Å². The molecule has 2 N–H and O–H groups in total. The molecule has 0 bridgehead atoms. The third-order valence-electron chi connectivity index (χ3n) is 4.00. The molecule has 1 heterocycles. The van der Waals surface area contributed by atoms with E-state index in [1.807, 2.05) is 34.6 Å². The third-order valence-corrected chi connectivity index (χ3v) is 4.00. The van der Waals surface area contributed by atoms with Crippen molar-refractivity contribution in [2.75, 3.05) is 0 Å². The van der Waals surface area contributed by atoms with E-state index in [2.05, 4.69) is 6.92 Å². The summed E-state index contributed by atoms with van der Waals surface area (Å²) in [6.45, 7) is 12.2. The lowest BCUT2D eigenvalue weighted by molar-refractivity contribution is -0.131. The Bertz CT molecular complexity index is 297. The predicted molar refractivity (Wildman–Crippen MR) is 69.8 cm³/mol. The molecule has 1 aliphatic heterocycles. The molecule has 1 saturated heterocycles. The summed E-state index contributed by atoms with van der Waals surface area (Å²) in [7, 11) is 0. The predicted octanol–water partition coefficient (Wildman–Crippen LogP) is 2.52. The molecule has 3 unspecified atom stereocenters. The first-order valence-electron chi connectivity index (χ1n) is 6.60. The Hall–Kier alpha value is -0.410. The fraction of sp³-hybridized carbons (Fsp3) is 0.929. The number of ketones is 1. The van der Waals surface area contributed by atoms with Crippen LogP contribution in [-0.4, -0.2) is 23.0 Å². The average molecular weight is 241 g/mol. The molecule has 3 atom stereocenters. The summed E-state index contributed by atoms with van der Waals surface area (Å²) in [6.07, 6.45) is 1.70. The van der Waals surface area contributed by atoms with Crippen molar-refractivity contribution >= 4 is 5.78 Å². The molecule has 0 aromatic carbocycles. The zero-order valence-corrected chi connectivity index (χ0v) is 12.0. The van der Waals surface area contributed by atoms with E-state index in [0.29, 0.717) is 0 Å². The zero-order valence-electron chi connectivity index (χ0n) is 12.0. The molecule has 100 valence electrons. The minimum Gasteiger partial charge on any atom is -0.369 e. The Morgan fingerprint density at radius 3 is 2.29 bits per heavy atom. The van der Waals surface area contributed by atoms with Crippen molar-refractivity contribution in [3.05, 3.63) is 0 Å². The van der Waals surface area contributed by atoms with Crippen molar-refractivity contribution in [2.45, 2.75) is 71.6 Å². The minimum absolute atomic E-state index is 0.0819. The maximum atomic E-state index is 12.4. The van der Waals surface area contributed by atoms with E-state index in [1.54, 1.807) is 0 Å². The summed E-state index contributed by atoms with van der Waals surface area (Å²) >= 11 is 0. The highest BCUT2D eigenvalue weighted by atomic mass is 16.5. The van der Waals surface area contributed by atoms with Gasteiger partial charge in [0, 0.05) is 0 Å².